The topological polar surface area (TPSA) is 90.2 Å². The first-order valence-corrected chi connectivity index (χ1v) is 8.41. The maximum atomic E-state index is 12.6. The molecule has 8 heteroatoms. The van der Waals surface area contributed by atoms with Crippen molar-refractivity contribution in [3.63, 3.8) is 0 Å². The van der Waals surface area contributed by atoms with E-state index in [0.29, 0.717) is 0 Å². The van der Waals surface area contributed by atoms with Gasteiger partial charge in [-0.05, 0) is 19.4 Å². The van der Waals surface area contributed by atoms with Crippen LogP contribution >= 0.6 is 0 Å². The van der Waals surface area contributed by atoms with Gasteiger partial charge in [-0.15, -0.1) is 0 Å². The number of hydrogen-bond donors (Lipinski definition) is 1. The lowest BCUT2D eigenvalue weighted by molar-refractivity contribution is 0.469. The van der Waals surface area contributed by atoms with Gasteiger partial charge in [0.15, 0.2) is 4.90 Å². The molecule has 0 spiro atoms. The van der Waals surface area contributed by atoms with Gasteiger partial charge in [0.25, 0.3) is 5.56 Å². The van der Waals surface area contributed by atoms with Gasteiger partial charge in [0.1, 0.15) is 0 Å². The van der Waals surface area contributed by atoms with Crippen molar-refractivity contribution in [2.24, 2.45) is 14.1 Å². The molecule has 1 aromatic carbocycles. The van der Waals surface area contributed by atoms with E-state index in [-0.39, 0.29) is 0 Å². The van der Waals surface area contributed by atoms with Gasteiger partial charge in [-0.2, -0.15) is 0 Å². The summed E-state index contributed by atoms with van der Waals surface area (Å²) in [6.45, 7) is 3.40. The van der Waals surface area contributed by atoms with Gasteiger partial charge in [-0.1, -0.05) is 30.3 Å². The Labute approximate surface area is 134 Å². The number of hydrogen-bond acceptors (Lipinski definition) is 4. The molecule has 0 atom stereocenters. The molecule has 1 aromatic heterocycles. The highest BCUT2D eigenvalue weighted by molar-refractivity contribution is 7.89. The molecule has 7 nitrogen and oxygen atoms in total. The van der Waals surface area contributed by atoms with Crippen molar-refractivity contribution in [1.29, 1.82) is 0 Å². The smallest absolute Gasteiger partial charge is 0.302 e. The summed E-state index contributed by atoms with van der Waals surface area (Å²) in [6.07, 6.45) is 1.04. The quantitative estimate of drug-likeness (QED) is 0.869. The van der Waals surface area contributed by atoms with E-state index in [4.69, 9.17) is 0 Å². The Balaban J connectivity index is 2.53. The number of aromatic nitrogens is 2. The molecule has 2 aromatic rings. The van der Waals surface area contributed by atoms with Crippen LogP contribution in [0.3, 0.4) is 0 Å². The maximum Gasteiger partial charge on any atom is 0.330 e. The summed E-state index contributed by atoms with van der Waals surface area (Å²) in [7, 11) is -1.47. The fraction of sp³-hybridized carbons (Fsp3) is 0.333. The van der Waals surface area contributed by atoms with Crippen molar-refractivity contribution in [1.82, 2.24) is 13.9 Å². The monoisotopic (exact) mass is 337 g/mol. The Kier molecular flexibility index (Phi) is 4.32. The number of aryl methyl sites for hydroxylation is 1. The van der Waals surface area contributed by atoms with Crippen LogP contribution in [0.1, 0.15) is 19.4 Å². The van der Waals surface area contributed by atoms with Crippen molar-refractivity contribution in [3.8, 4) is 0 Å². The molecule has 124 valence electrons. The molecule has 0 aliphatic carbocycles. The molecule has 0 amide bonds. The number of nitrogens with one attached hydrogen (secondary N) is 1. The minimum atomic E-state index is -4.10. The van der Waals surface area contributed by atoms with Crippen LogP contribution in [-0.2, 0) is 29.7 Å². The van der Waals surface area contributed by atoms with E-state index >= 15 is 0 Å². The lowest BCUT2D eigenvalue weighted by Gasteiger charge is -2.26. The average Bonchev–Trinajstić information content (AvgIpc) is 2.48. The second-order valence-electron chi connectivity index (χ2n) is 5.85. The molecule has 0 saturated heterocycles. The van der Waals surface area contributed by atoms with E-state index in [2.05, 4.69) is 4.72 Å². The summed E-state index contributed by atoms with van der Waals surface area (Å²) in [5.41, 5.74) is -1.61. The zero-order valence-electron chi connectivity index (χ0n) is 13.4. The van der Waals surface area contributed by atoms with Crippen LogP contribution in [0.15, 0.2) is 51.0 Å². The van der Waals surface area contributed by atoms with E-state index in [1.165, 1.54) is 14.1 Å². The van der Waals surface area contributed by atoms with Gasteiger partial charge in [0.2, 0.25) is 10.0 Å². The molecular formula is C15H19N3O4S. The highest BCUT2D eigenvalue weighted by Crippen LogP contribution is 2.21. The third-order valence-corrected chi connectivity index (χ3v) is 5.23. The molecule has 0 fully saturated rings. The van der Waals surface area contributed by atoms with Gasteiger partial charge in [0.05, 0.1) is 5.54 Å². The first-order chi connectivity index (χ1) is 10.6. The first-order valence-electron chi connectivity index (χ1n) is 6.92. The van der Waals surface area contributed by atoms with Gasteiger partial charge in [-0.25, -0.2) is 17.9 Å². The molecule has 0 aliphatic rings. The SMILES string of the molecule is Cn1cc(S(=O)(=O)NC(C)(C)c2ccccc2)c(=O)n(C)c1=O. The lowest BCUT2D eigenvalue weighted by Crippen LogP contribution is -2.46. The van der Waals surface area contributed by atoms with Crippen molar-refractivity contribution in [2.45, 2.75) is 24.3 Å². The fourth-order valence-corrected chi connectivity index (χ4v) is 3.83. The molecule has 1 heterocycles. The Hall–Kier alpha value is -2.19. The van der Waals surface area contributed by atoms with Gasteiger partial charge < -0.3 is 4.57 Å². The number of nitrogens with zero attached hydrogens (tertiary/aromatic N) is 2. The predicted octanol–water partition coefficient (Wildman–Crippen LogP) is 0.298. The van der Waals surface area contributed by atoms with Crippen LogP contribution in [0.5, 0.6) is 0 Å². The lowest BCUT2D eigenvalue weighted by atomic mass is 9.96. The van der Waals surface area contributed by atoms with Crippen LogP contribution < -0.4 is 16.0 Å². The summed E-state index contributed by atoms with van der Waals surface area (Å²) in [5.74, 6) is 0. The highest BCUT2D eigenvalue weighted by Gasteiger charge is 2.30. The molecule has 0 aliphatic heterocycles. The summed E-state index contributed by atoms with van der Waals surface area (Å²) in [5, 5.41) is 0. The zero-order chi connectivity index (χ0) is 17.4. The third kappa shape index (κ3) is 3.27. The second kappa shape index (κ2) is 5.78. The molecule has 0 bridgehead atoms. The van der Waals surface area contributed by atoms with Crippen LogP contribution in [-0.4, -0.2) is 17.6 Å². The average molecular weight is 337 g/mol. The van der Waals surface area contributed by atoms with Crippen LogP contribution in [0, 0.1) is 0 Å². The molecule has 2 rings (SSSR count). The van der Waals surface area contributed by atoms with E-state index in [9.17, 15) is 18.0 Å². The van der Waals surface area contributed by atoms with Crippen LogP contribution in [0.2, 0.25) is 0 Å². The van der Waals surface area contributed by atoms with Crippen LogP contribution in [0.25, 0.3) is 0 Å². The number of rotatable bonds is 4. The zero-order valence-corrected chi connectivity index (χ0v) is 14.2. The molecule has 23 heavy (non-hydrogen) atoms. The molecular weight excluding hydrogens is 318 g/mol. The van der Waals surface area contributed by atoms with E-state index in [0.717, 1.165) is 20.9 Å². The Morgan fingerprint density at radius 2 is 1.61 bits per heavy atom. The summed E-state index contributed by atoms with van der Waals surface area (Å²) in [6, 6.07) is 9.02. The van der Waals surface area contributed by atoms with Crippen molar-refractivity contribution in [2.75, 3.05) is 0 Å². The molecule has 1 N–H and O–H groups in total. The Bertz CT molecular complexity index is 941. The predicted molar refractivity (Wildman–Crippen MR) is 86.7 cm³/mol. The largest absolute Gasteiger partial charge is 0.330 e. The molecule has 0 unspecified atom stereocenters. The second-order valence-corrected chi connectivity index (χ2v) is 7.50. The minimum absolute atomic E-state index is 0.467. The first kappa shape index (κ1) is 17.2. The third-order valence-electron chi connectivity index (χ3n) is 3.59. The van der Waals surface area contributed by atoms with Crippen molar-refractivity contribution < 1.29 is 8.42 Å². The summed E-state index contributed by atoms with van der Waals surface area (Å²) < 4.78 is 29.6. The molecule has 0 radical (unpaired) electrons. The standard InChI is InChI=1S/C15H19N3O4S/c1-15(2,11-8-6-5-7-9-11)16-23(21,22)12-10-17(3)14(20)18(4)13(12)19/h5-10,16H,1-4H3. The summed E-state index contributed by atoms with van der Waals surface area (Å²) >= 11 is 0. The molecule has 0 saturated carbocycles. The fourth-order valence-electron chi connectivity index (χ4n) is 2.26. The van der Waals surface area contributed by atoms with E-state index in [1.54, 1.807) is 38.1 Å². The Morgan fingerprint density at radius 1 is 1.04 bits per heavy atom. The Morgan fingerprint density at radius 3 is 2.17 bits per heavy atom. The maximum absolute atomic E-state index is 12.6. The number of benzene rings is 1. The van der Waals surface area contributed by atoms with Gasteiger partial charge in [0, 0.05) is 20.3 Å². The van der Waals surface area contributed by atoms with E-state index < -0.39 is 31.7 Å². The van der Waals surface area contributed by atoms with Gasteiger partial charge in [-0.3, -0.25) is 9.36 Å². The highest BCUT2D eigenvalue weighted by atomic mass is 32.2. The van der Waals surface area contributed by atoms with E-state index in [1.807, 2.05) is 6.07 Å². The van der Waals surface area contributed by atoms with Crippen LogP contribution in [0.4, 0.5) is 0 Å². The minimum Gasteiger partial charge on any atom is -0.302 e. The van der Waals surface area contributed by atoms with Gasteiger partial charge >= 0.3 is 5.69 Å². The van der Waals surface area contributed by atoms with Crippen molar-refractivity contribution in [3.05, 3.63) is 62.9 Å². The van der Waals surface area contributed by atoms with Crippen molar-refractivity contribution >= 4 is 10.0 Å². The number of sulfonamides is 1. The normalized spacial score (nSPS) is 12.3. The summed E-state index contributed by atoms with van der Waals surface area (Å²) in [4.78, 5) is 23.4.